The number of imidazole rings is 1. The first kappa shape index (κ1) is 28.4. The minimum Gasteiger partial charge on any atom is -0.461 e. The molecule has 0 saturated carbocycles. The molecule has 2 aromatic heterocycles. The summed E-state index contributed by atoms with van der Waals surface area (Å²) < 4.78 is 19.5. The van der Waals surface area contributed by atoms with Crippen LogP contribution in [0.2, 0.25) is 5.15 Å². The average molecular weight is 615 g/mol. The Morgan fingerprint density at radius 2 is 1.26 bits per heavy atom. The van der Waals surface area contributed by atoms with Crippen LogP contribution < -0.4 is 0 Å². The van der Waals surface area contributed by atoms with Gasteiger partial charge in [0.15, 0.2) is 23.0 Å². The molecule has 0 radical (unpaired) electrons. The highest BCUT2D eigenvalue weighted by molar-refractivity contribution is 8.00. The van der Waals surface area contributed by atoms with Gasteiger partial charge in [0.2, 0.25) is 0 Å². The molecule has 43 heavy (non-hydrogen) atoms. The summed E-state index contributed by atoms with van der Waals surface area (Å²) in [6, 6.07) is 25.5. The Labute approximate surface area is 255 Å². The van der Waals surface area contributed by atoms with E-state index in [1.807, 2.05) is 0 Å². The van der Waals surface area contributed by atoms with Crippen molar-refractivity contribution in [1.29, 1.82) is 0 Å². The van der Waals surface area contributed by atoms with Gasteiger partial charge in [0, 0.05) is 0 Å². The fraction of sp³-hybridized carbons (Fsp3) is 0.161. The third kappa shape index (κ3) is 6.08. The number of carbonyl (C=O) groups is 3. The van der Waals surface area contributed by atoms with E-state index in [0.29, 0.717) is 27.9 Å². The third-order valence-corrected chi connectivity index (χ3v) is 8.57. The van der Waals surface area contributed by atoms with Crippen molar-refractivity contribution in [3.05, 3.63) is 125 Å². The van der Waals surface area contributed by atoms with Gasteiger partial charge in [-0.05, 0) is 36.4 Å². The van der Waals surface area contributed by atoms with E-state index < -0.39 is 40.7 Å². The number of hydrogen-bond donors (Lipinski definition) is 0. The van der Waals surface area contributed by atoms with E-state index in [2.05, 4.69) is 15.0 Å². The molecule has 10 nitrogen and oxygen atoms in total. The second-order valence-electron chi connectivity index (χ2n) is 9.49. The van der Waals surface area contributed by atoms with Crippen LogP contribution >= 0.6 is 23.4 Å². The number of hydrogen-bond acceptors (Lipinski definition) is 10. The first-order chi connectivity index (χ1) is 21.0. The molecule has 216 valence electrons. The van der Waals surface area contributed by atoms with Crippen LogP contribution in [0.5, 0.6) is 0 Å². The van der Waals surface area contributed by atoms with E-state index in [-0.39, 0.29) is 11.8 Å². The number of rotatable bonds is 8. The van der Waals surface area contributed by atoms with Crippen molar-refractivity contribution in [2.24, 2.45) is 0 Å². The summed E-state index contributed by atoms with van der Waals surface area (Å²) in [5, 5.41) is -1.16. The van der Waals surface area contributed by atoms with Gasteiger partial charge in [-0.25, -0.2) is 29.3 Å². The predicted molar refractivity (Wildman–Crippen MR) is 159 cm³/mol. The van der Waals surface area contributed by atoms with E-state index in [0.717, 1.165) is 0 Å². The van der Waals surface area contributed by atoms with E-state index in [9.17, 15) is 14.4 Å². The Kier molecular flexibility index (Phi) is 8.34. The van der Waals surface area contributed by atoms with Gasteiger partial charge in [0.25, 0.3) is 0 Å². The van der Waals surface area contributed by atoms with Gasteiger partial charge in [0.05, 0.1) is 28.3 Å². The topological polar surface area (TPSA) is 123 Å². The number of benzene rings is 3. The van der Waals surface area contributed by atoms with Gasteiger partial charge in [0.1, 0.15) is 23.8 Å². The first-order valence-electron chi connectivity index (χ1n) is 13.2. The van der Waals surface area contributed by atoms with Crippen LogP contribution in [0.15, 0.2) is 104 Å². The summed E-state index contributed by atoms with van der Waals surface area (Å²) in [6.45, 7) is -0.136. The molecule has 1 aliphatic heterocycles. The summed E-state index contributed by atoms with van der Waals surface area (Å²) in [5.41, 5.74) is 1.76. The number of esters is 3. The Morgan fingerprint density at radius 1 is 0.721 bits per heavy atom. The number of aromatic nitrogens is 4. The third-order valence-electron chi connectivity index (χ3n) is 6.77. The minimum absolute atomic E-state index is 0.136. The normalized spacial score (nSPS) is 19.6. The second-order valence-corrected chi connectivity index (χ2v) is 11.2. The largest absolute Gasteiger partial charge is 0.461 e. The van der Waals surface area contributed by atoms with Crippen LogP contribution in [0.1, 0.15) is 36.4 Å². The van der Waals surface area contributed by atoms with Crippen LogP contribution in [0.25, 0.3) is 11.2 Å². The van der Waals surface area contributed by atoms with Gasteiger partial charge < -0.3 is 14.2 Å². The zero-order valence-electron chi connectivity index (χ0n) is 22.4. The maximum atomic E-state index is 13.4. The van der Waals surface area contributed by atoms with E-state index in [4.69, 9.17) is 25.8 Å². The Bertz CT molecular complexity index is 1760. The maximum Gasteiger partial charge on any atom is 0.338 e. The molecule has 0 amide bonds. The fourth-order valence-electron chi connectivity index (χ4n) is 4.69. The lowest BCUT2D eigenvalue weighted by molar-refractivity contribution is -0.0406. The molecule has 0 bridgehead atoms. The number of carbonyl (C=O) groups excluding carboxylic acids is 3. The lowest BCUT2D eigenvalue weighted by atomic mass is 10.1. The molecule has 0 unspecified atom stereocenters. The monoisotopic (exact) mass is 614 g/mol. The molecule has 1 saturated heterocycles. The minimum atomic E-state index is -1.03. The van der Waals surface area contributed by atoms with Crippen LogP contribution in [0, 0.1) is 0 Å². The molecule has 12 heteroatoms. The first-order valence-corrected chi connectivity index (χ1v) is 14.5. The number of fused-ring (bicyclic) bond motifs is 1. The summed E-state index contributed by atoms with van der Waals surface area (Å²) >= 11 is 7.57. The molecule has 0 N–H and O–H groups in total. The van der Waals surface area contributed by atoms with Crippen molar-refractivity contribution in [2.45, 2.75) is 22.8 Å². The van der Waals surface area contributed by atoms with Gasteiger partial charge in [-0.2, -0.15) is 0 Å². The SMILES string of the molecule is O=C(OC[C@H]1S[C@@H](n2cnc3c(Cl)ncnc32)[C@H](OC(=O)c2ccccc2)[C@@H]1OC(=O)c1ccccc1)c1ccccc1. The molecule has 1 aliphatic rings. The van der Waals surface area contributed by atoms with Gasteiger partial charge in [-0.1, -0.05) is 66.2 Å². The van der Waals surface area contributed by atoms with Crippen molar-refractivity contribution >= 4 is 52.4 Å². The zero-order valence-corrected chi connectivity index (χ0v) is 23.9. The maximum absolute atomic E-state index is 13.4. The summed E-state index contributed by atoms with van der Waals surface area (Å²) in [5.74, 6) is -1.77. The molecular weight excluding hydrogens is 592 g/mol. The van der Waals surface area contributed by atoms with Crippen LogP contribution in [0.4, 0.5) is 0 Å². The molecule has 5 aromatic rings. The van der Waals surface area contributed by atoms with Crippen LogP contribution in [-0.2, 0) is 14.2 Å². The zero-order chi connectivity index (χ0) is 29.8. The fourth-order valence-corrected chi connectivity index (χ4v) is 6.39. The Balaban J connectivity index is 1.37. The highest BCUT2D eigenvalue weighted by atomic mass is 35.5. The number of halogens is 1. The summed E-state index contributed by atoms with van der Waals surface area (Å²) in [6.07, 6.45) is 0.769. The Morgan fingerprint density at radius 3 is 1.84 bits per heavy atom. The molecule has 1 fully saturated rings. The van der Waals surface area contributed by atoms with E-state index in [1.165, 1.54) is 24.4 Å². The van der Waals surface area contributed by atoms with E-state index in [1.54, 1.807) is 95.6 Å². The van der Waals surface area contributed by atoms with Crippen molar-refractivity contribution in [2.75, 3.05) is 6.61 Å². The smallest absolute Gasteiger partial charge is 0.338 e. The number of thioether (sulfide) groups is 1. The van der Waals surface area contributed by atoms with Crippen molar-refractivity contribution < 1.29 is 28.6 Å². The lowest BCUT2D eigenvalue weighted by Gasteiger charge is -2.26. The average Bonchev–Trinajstić information content (AvgIpc) is 3.63. The second kappa shape index (κ2) is 12.6. The molecule has 4 atom stereocenters. The molecular formula is C31H23ClN4O6S. The van der Waals surface area contributed by atoms with Crippen molar-refractivity contribution in [3.63, 3.8) is 0 Å². The molecule has 3 heterocycles. The highest BCUT2D eigenvalue weighted by Crippen LogP contribution is 2.46. The summed E-state index contributed by atoms with van der Waals surface area (Å²) in [7, 11) is 0. The standard InChI is InChI=1S/C31H23ClN4O6S/c32-26-23-27(34-17-33-26)36(18-35-23)28-25(42-31(39)21-14-8-3-9-15-21)24(41-30(38)20-12-6-2-7-13-20)22(43-28)16-40-29(37)19-10-4-1-5-11-19/h1-15,17-18,22,24-25,28H,16H2/t22-,24-,25-,28-/m1/s1. The van der Waals surface area contributed by atoms with E-state index >= 15 is 0 Å². The lowest BCUT2D eigenvalue weighted by Crippen LogP contribution is -2.41. The molecule has 0 spiro atoms. The van der Waals surface area contributed by atoms with Crippen LogP contribution in [-0.4, -0.2) is 61.5 Å². The van der Waals surface area contributed by atoms with Crippen molar-refractivity contribution in [1.82, 2.24) is 19.5 Å². The molecule has 0 aliphatic carbocycles. The number of ether oxygens (including phenoxy) is 3. The summed E-state index contributed by atoms with van der Waals surface area (Å²) in [4.78, 5) is 52.2. The van der Waals surface area contributed by atoms with Gasteiger partial charge in [-0.3, -0.25) is 4.57 Å². The Hall–Kier alpha value is -4.74. The quantitative estimate of drug-likeness (QED) is 0.127. The predicted octanol–water partition coefficient (Wildman–Crippen LogP) is 5.40. The van der Waals surface area contributed by atoms with Crippen LogP contribution in [0.3, 0.4) is 0 Å². The molecule has 3 aromatic carbocycles. The number of nitrogens with zero attached hydrogens (tertiary/aromatic N) is 4. The molecule has 6 rings (SSSR count). The van der Waals surface area contributed by atoms with Gasteiger partial charge >= 0.3 is 17.9 Å². The highest BCUT2D eigenvalue weighted by Gasteiger charge is 2.51. The van der Waals surface area contributed by atoms with Gasteiger partial charge in [-0.15, -0.1) is 11.8 Å². The van der Waals surface area contributed by atoms with Crippen molar-refractivity contribution in [3.8, 4) is 0 Å².